The monoisotopic (exact) mass is 225 g/mol. The Balaban J connectivity index is 1.98. The zero-order valence-corrected chi connectivity index (χ0v) is 9.37. The molecule has 1 unspecified atom stereocenters. The van der Waals surface area contributed by atoms with Gasteiger partial charge in [-0.15, -0.1) is 11.3 Å². The molecule has 0 amide bonds. The minimum absolute atomic E-state index is 0.280. The Morgan fingerprint density at radius 3 is 3.13 bits per heavy atom. The quantitative estimate of drug-likeness (QED) is 0.794. The maximum Gasteiger partial charge on any atom is 0.160 e. The Morgan fingerprint density at radius 1 is 1.60 bits per heavy atom. The van der Waals surface area contributed by atoms with Crippen LogP contribution in [-0.4, -0.2) is 31.1 Å². The lowest BCUT2D eigenvalue weighted by Crippen LogP contribution is -2.18. The van der Waals surface area contributed by atoms with Crippen LogP contribution in [0.5, 0.6) is 0 Å². The molecule has 1 saturated heterocycles. The number of hydrogen-bond acceptors (Lipinski definition) is 4. The van der Waals surface area contributed by atoms with Crippen molar-refractivity contribution < 1.29 is 9.90 Å². The number of hydrogen-bond donors (Lipinski definition) is 1. The van der Waals surface area contributed by atoms with Gasteiger partial charge in [-0.25, -0.2) is 0 Å². The summed E-state index contributed by atoms with van der Waals surface area (Å²) in [5.74, 6) is 0.608. The second kappa shape index (κ2) is 4.77. The van der Waals surface area contributed by atoms with E-state index in [9.17, 15) is 4.79 Å². The first-order valence-electron chi connectivity index (χ1n) is 5.24. The second-order valence-electron chi connectivity index (χ2n) is 3.91. The van der Waals surface area contributed by atoms with Crippen molar-refractivity contribution in [3.05, 3.63) is 17.0 Å². The molecule has 1 aromatic rings. The molecule has 1 atom stereocenters. The molecule has 1 N–H and O–H groups in total. The van der Waals surface area contributed by atoms with Crippen LogP contribution >= 0.6 is 11.3 Å². The maximum absolute atomic E-state index is 10.6. The van der Waals surface area contributed by atoms with E-state index >= 15 is 0 Å². The van der Waals surface area contributed by atoms with E-state index in [1.807, 2.05) is 12.1 Å². The molecule has 1 aliphatic heterocycles. The van der Waals surface area contributed by atoms with E-state index in [1.54, 1.807) is 11.3 Å². The Hall–Kier alpha value is -0.870. The SMILES string of the molecule is O=Cc1ccc(N2CCC(CCO)C2)s1. The van der Waals surface area contributed by atoms with Crippen LogP contribution in [0.15, 0.2) is 12.1 Å². The summed E-state index contributed by atoms with van der Waals surface area (Å²) in [5.41, 5.74) is 0. The number of anilines is 1. The highest BCUT2D eigenvalue weighted by molar-refractivity contribution is 7.17. The molecule has 0 saturated carbocycles. The molecule has 2 heterocycles. The first-order valence-corrected chi connectivity index (χ1v) is 6.06. The van der Waals surface area contributed by atoms with Gasteiger partial charge in [-0.3, -0.25) is 4.79 Å². The lowest BCUT2D eigenvalue weighted by molar-refractivity contribution is 0.112. The van der Waals surface area contributed by atoms with Crippen LogP contribution in [0.1, 0.15) is 22.5 Å². The van der Waals surface area contributed by atoms with E-state index in [4.69, 9.17) is 5.11 Å². The first kappa shape index (κ1) is 10.6. The number of thiophene rings is 1. The Bertz CT molecular complexity index is 337. The number of aldehydes is 1. The zero-order valence-electron chi connectivity index (χ0n) is 8.56. The summed E-state index contributed by atoms with van der Waals surface area (Å²) in [6, 6.07) is 3.88. The van der Waals surface area contributed by atoms with Crippen molar-refractivity contribution in [2.75, 3.05) is 24.6 Å². The van der Waals surface area contributed by atoms with Crippen molar-refractivity contribution in [3.8, 4) is 0 Å². The number of carbonyl (C=O) groups is 1. The standard InChI is InChI=1S/C11H15NO2S/c13-6-4-9-3-5-12(7-9)11-2-1-10(8-14)15-11/h1-2,8-9,13H,3-7H2. The highest BCUT2D eigenvalue weighted by Crippen LogP contribution is 2.30. The van der Waals surface area contributed by atoms with E-state index in [0.717, 1.165) is 37.1 Å². The fraction of sp³-hybridized carbons (Fsp3) is 0.545. The molecular formula is C11H15NO2S. The van der Waals surface area contributed by atoms with Crippen molar-refractivity contribution in [3.63, 3.8) is 0 Å². The highest BCUT2D eigenvalue weighted by Gasteiger charge is 2.22. The van der Waals surface area contributed by atoms with Crippen molar-refractivity contribution in [2.45, 2.75) is 12.8 Å². The van der Waals surface area contributed by atoms with E-state index in [1.165, 1.54) is 5.00 Å². The first-order chi connectivity index (χ1) is 7.33. The zero-order chi connectivity index (χ0) is 10.7. The van der Waals surface area contributed by atoms with Crippen molar-refractivity contribution in [1.29, 1.82) is 0 Å². The van der Waals surface area contributed by atoms with E-state index < -0.39 is 0 Å². The van der Waals surface area contributed by atoms with Gasteiger partial charge in [0.25, 0.3) is 0 Å². The van der Waals surface area contributed by atoms with E-state index in [-0.39, 0.29) is 6.61 Å². The van der Waals surface area contributed by atoms with Gasteiger partial charge >= 0.3 is 0 Å². The van der Waals surface area contributed by atoms with Crippen LogP contribution in [0.4, 0.5) is 5.00 Å². The van der Waals surface area contributed by atoms with E-state index in [2.05, 4.69) is 4.90 Å². The molecule has 3 nitrogen and oxygen atoms in total. The van der Waals surface area contributed by atoms with Crippen LogP contribution in [0.3, 0.4) is 0 Å². The largest absolute Gasteiger partial charge is 0.396 e. The number of aliphatic hydroxyl groups is 1. The minimum atomic E-state index is 0.280. The van der Waals surface area contributed by atoms with Crippen molar-refractivity contribution in [2.24, 2.45) is 5.92 Å². The average molecular weight is 225 g/mol. The Kier molecular flexibility index (Phi) is 3.38. The van der Waals surface area contributed by atoms with Gasteiger partial charge in [0, 0.05) is 19.7 Å². The third-order valence-corrected chi connectivity index (χ3v) is 3.94. The molecule has 2 rings (SSSR count). The normalized spacial score (nSPS) is 20.9. The number of nitrogens with zero attached hydrogens (tertiary/aromatic N) is 1. The summed E-state index contributed by atoms with van der Waals surface area (Å²) >= 11 is 1.55. The molecule has 15 heavy (non-hydrogen) atoms. The number of carbonyl (C=O) groups excluding carboxylic acids is 1. The molecule has 1 fully saturated rings. The molecule has 0 aromatic carbocycles. The summed E-state index contributed by atoms with van der Waals surface area (Å²) in [5, 5.41) is 10.0. The second-order valence-corrected chi connectivity index (χ2v) is 5.00. The minimum Gasteiger partial charge on any atom is -0.396 e. The summed E-state index contributed by atoms with van der Waals surface area (Å²) < 4.78 is 0. The molecule has 82 valence electrons. The van der Waals surface area contributed by atoms with Crippen LogP contribution < -0.4 is 4.90 Å². The van der Waals surface area contributed by atoms with Gasteiger partial charge in [-0.1, -0.05) is 0 Å². The van der Waals surface area contributed by atoms with Crippen molar-refractivity contribution in [1.82, 2.24) is 0 Å². The Labute approximate surface area is 93.3 Å². The van der Waals surface area contributed by atoms with Crippen LogP contribution in [0.25, 0.3) is 0 Å². The molecule has 0 spiro atoms. The molecule has 0 bridgehead atoms. The molecule has 0 aliphatic carbocycles. The molecule has 1 aromatic heterocycles. The maximum atomic E-state index is 10.6. The van der Waals surface area contributed by atoms with E-state index in [0.29, 0.717) is 5.92 Å². The highest BCUT2D eigenvalue weighted by atomic mass is 32.1. The summed E-state index contributed by atoms with van der Waals surface area (Å²) in [7, 11) is 0. The lowest BCUT2D eigenvalue weighted by Gasteiger charge is -2.15. The summed E-state index contributed by atoms with van der Waals surface area (Å²) in [6.07, 6.45) is 2.94. The topological polar surface area (TPSA) is 40.5 Å². The van der Waals surface area contributed by atoms with Gasteiger partial charge in [-0.05, 0) is 30.9 Å². The number of aliphatic hydroxyl groups excluding tert-OH is 1. The van der Waals surface area contributed by atoms with Crippen molar-refractivity contribution >= 4 is 22.6 Å². The predicted octanol–water partition coefficient (Wildman–Crippen LogP) is 1.77. The van der Waals surface area contributed by atoms with Crippen LogP contribution in [0, 0.1) is 5.92 Å². The van der Waals surface area contributed by atoms with Gasteiger partial charge in [0.1, 0.15) is 0 Å². The van der Waals surface area contributed by atoms with Gasteiger partial charge in [-0.2, -0.15) is 0 Å². The average Bonchev–Trinajstić information content (AvgIpc) is 2.85. The predicted molar refractivity (Wildman–Crippen MR) is 61.7 cm³/mol. The fourth-order valence-electron chi connectivity index (χ4n) is 2.03. The molecule has 4 heteroatoms. The fourth-order valence-corrected chi connectivity index (χ4v) is 2.88. The van der Waals surface area contributed by atoms with Crippen LogP contribution in [-0.2, 0) is 0 Å². The summed E-state index contributed by atoms with van der Waals surface area (Å²) in [6.45, 7) is 2.34. The Morgan fingerprint density at radius 2 is 2.47 bits per heavy atom. The molecule has 0 radical (unpaired) electrons. The van der Waals surface area contributed by atoms with Gasteiger partial charge in [0.15, 0.2) is 6.29 Å². The lowest BCUT2D eigenvalue weighted by atomic mass is 10.1. The van der Waals surface area contributed by atoms with Crippen LogP contribution in [0.2, 0.25) is 0 Å². The third kappa shape index (κ3) is 2.38. The van der Waals surface area contributed by atoms with Gasteiger partial charge in [0.05, 0.1) is 9.88 Å². The molecule has 1 aliphatic rings. The smallest absolute Gasteiger partial charge is 0.160 e. The summed E-state index contributed by atoms with van der Waals surface area (Å²) in [4.78, 5) is 13.7. The van der Waals surface area contributed by atoms with Gasteiger partial charge < -0.3 is 10.0 Å². The third-order valence-electron chi connectivity index (χ3n) is 2.86. The van der Waals surface area contributed by atoms with Gasteiger partial charge in [0.2, 0.25) is 0 Å². The number of rotatable bonds is 4. The molecular weight excluding hydrogens is 210 g/mol.